The molecule has 1 aliphatic heterocycles. The Bertz CT molecular complexity index is 546. The van der Waals surface area contributed by atoms with Crippen LogP contribution >= 0.6 is 0 Å². The zero-order chi connectivity index (χ0) is 17.5. The van der Waals surface area contributed by atoms with Gasteiger partial charge >= 0.3 is 5.97 Å². The van der Waals surface area contributed by atoms with Gasteiger partial charge in [-0.05, 0) is 25.8 Å². The van der Waals surface area contributed by atoms with E-state index in [-0.39, 0.29) is 18.6 Å². The van der Waals surface area contributed by atoms with Crippen molar-refractivity contribution in [3.05, 3.63) is 48.0 Å². The molecular weight excluding hydrogens is 306 g/mol. The molecule has 1 aromatic rings. The van der Waals surface area contributed by atoms with Crippen LogP contribution in [0.4, 0.5) is 0 Å². The molecule has 0 bridgehead atoms. The number of esters is 1. The Morgan fingerprint density at radius 3 is 2.71 bits per heavy atom. The molecule has 1 heterocycles. The van der Waals surface area contributed by atoms with Crippen LogP contribution in [-0.2, 0) is 25.4 Å². The van der Waals surface area contributed by atoms with Gasteiger partial charge in [0, 0.05) is 5.92 Å². The van der Waals surface area contributed by atoms with E-state index in [1.54, 1.807) is 0 Å². The maximum absolute atomic E-state index is 12.0. The van der Waals surface area contributed by atoms with Gasteiger partial charge in [-0.25, -0.2) is 0 Å². The average Bonchev–Trinajstić information content (AvgIpc) is 2.58. The van der Waals surface area contributed by atoms with Gasteiger partial charge in [0.25, 0.3) is 0 Å². The number of nitrogens with two attached hydrogens (primary N) is 1. The van der Waals surface area contributed by atoms with Crippen LogP contribution in [0.3, 0.4) is 0 Å². The molecule has 1 aromatic carbocycles. The smallest absolute Gasteiger partial charge is 0.325 e. The SMILES string of the molecule is C=C(C)CO[C@@H]1[C@@H](Cc2ccccc2)COC[C@H](N)C(=O)O[C@H]1C. The van der Waals surface area contributed by atoms with Gasteiger partial charge in [0.15, 0.2) is 0 Å². The van der Waals surface area contributed by atoms with E-state index in [2.05, 4.69) is 18.7 Å². The second kappa shape index (κ2) is 8.97. The summed E-state index contributed by atoms with van der Waals surface area (Å²) in [6, 6.07) is 9.39. The first-order valence-corrected chi connectivity index (χ1v) is 8.31. The van der Waals surface area contributed by atoms with Gasteiger partial charge in [-0.3, -0.25) is 4.79 Å². The molecule has 1 aliphatic rings. The summed E-state index contributed by atoms with van der Waals surface area (Å²) in [5.74, 6) is -0.397. The zero-order valence-electron chi connectivity index (χ0n) is 14.4. The quantitative estimate of drug-likeness (QED) is 0.660. The molecule has 2 N–H and O–H groups in total. The standard InChI is InChI=1S/C19H27NO4/c1-13(2)10-23-18-14(3)24-19(21)17(20)12-22-11-16(18)9-15-7-5-4-6-8-15/h4-8,14,16-18H,1,9-12,20H2,2-3H3/t14-,16-,17-,18-/m0/s1. The van der Waals surface area contributed by atoms with Crippen molar-refractivity contribution in [3.63, 3.8) is 0 Å². The minimum atomic E-state index is -0.760. The molecule has 1 saturated heterocycles. The van der Waals surface area contributed by atoms with Gasteiger partial charge in [0.1, 0.15) is 12.1 Å². The summed E-state index contributed by atoms with van der Waals surface area (Å²) in [5, 5.41) is 0. The number of carbonyl (C=O) groups is 1. The van der Waals surface area contributed by atoms with Gasteiger partial charge in [-0.1, -0.05) is 42.5 Å². The lowest BCUT2D eigenvalue weighted by atomic mass is 9.91. The number of benzene rings is 1. The molecule has 0 unspecified atom stereocenters. The topological polar surface area (TPSA) is 70.8 Å². The fourth-order valence-electron chi connectivity index (χ4n) is 2.83. The van der Waals surface area contributed by atoms with E-state index in [1.165, 1.54) is 5.56 Å². The van der Waals surface area contributed by atoms with Crippen molar-refractivity contribution in [2.45, 2.75) is 38.5 Å². The van der Waals surface area contributed by atoms with E-state index < -0.39 is 18.1 Å². The van der Waals surface area contributed by atoms with E-state index in [0.717, 1.165) is 12.0 Å². The molecule has 0 saturated carbocycles. The van der Waals surface area contributed by atoms with Crippen LogP contribution in [0.1, 0.15) is 19.4 Å². The molecule has 2 rings (SSSR count). The first kappa shape index (κ1) is 18.6. The van der Waals surface area contributed by atoms with Crippen molar-refractivity contribution in [1.82, 2.24) is 0 Å². The number of cyclic esters (lactones) is 1. The van der Waals surface area contributed by atoms with Crippen molar-refractivity contribution in [2.75, 3.05) is 19.8 Å². The van der Waals surface area contributed by atoms with Gasteiger partial charge in [0.2, 0.25) is 0 Å². The average molecular weight is 333 g/mol. The second-order valence-corrected chi connectivity index (χ2v) is 6.47. The molecule has 24 heavy (non-hydrogen) atoms. The maximum atomic E-state index is 12.0. The normalized spacial score (nSPS) is 28.4. The third-order valence-corrected chi connectivity index (χ3v) is 4.02. The number of hydrogen-bond donors (Lipinski definition) is 1. The van der Waals surface area contributed by atoms with Crippen LogP contribution in [0.5, 0.6) is 0 Å². The van der Waals surface area contributed by atoms with E-state index in [1.807, 2.05) is 32.0 Å². The number of carbonyl (C=O) groups excluding carboxylic acids is 1. The number of hydrogen-bond acceptors (Lipinski definition) is 5. The van der Waals surface area contributed by atoms with Crippen molar-refractivity contribution in [3.8, 4) is 0 Å². The molecule has 5 nitrogen and oxygen atoms in total. The summed E-state index contributed by atoms with van der Waals surface area (Å²) < 4.78 is 17.2. The first-order chi connectivity index (χ1) is 11.5. The van der Waals surface area contributed by atoms with Crippen LogP contribution in [-0.4, -0.2) is 44.0 Å². The lowest BCUT2D eigenvalue weighted by Crippen LogP contribution is -2.42. The summed E-state index contributed by atoms with van der Waals surface area (Å²) in [4.78, 5) is 12.0. The second-order valence-electron chi connectivity index (χ2n) is 6.47. The van der Waals surface area contributed by atoms with E-state index >= 15 is 0 Å². The Balaban J connectivity index is 2.19. The summed E-state index contributed by atoms with van der Waals surface area (Å²) in [6.07, 6.45) is 0.0909. The van der Waals surface area contributed by atoms with E-state index in [4.69, 9.17) is 19.9 Å². The zero-order valence-corrected chi connectivity index (χ0v) is 14.4. The van der Waals surface area contributed by atoms with Gasteiger partial charge in [-0.15, -0.1) is 0 Å². The summed E-state index contributed by atoms with van der Waals surface area (Å²) in [5.41, 5.74) is 7.90. The minimum Gasteiger partial charge on any atom is -0.459 e. The molecule has 132 valence electrons. The number of rotatable bonds is 5. The molecule has 1 fully saturated rings. The molecule has 0 amide bonds. The van der Waals surface area contributed by atoms with Crippen LogP contribution in [0, 0.1) is 5.92 Å². The van der Waals surface area contributed by atoms with Crippen molar-refractivity contribution < 1.29 is 19.0 Å². The minimum absolute atomic E-state index is 0.0554. The lowest BCUT2D eigenvalue weighted by molar-refractivity contribution is -0.158. The highest BCUT2D eigenvalue weighted by atomic mass is 16.6. The monoisotopic (exact) mass is 333 g/mol. The fraction of sp³-hybridized carbons (Fsp3) is 0.526. The highest BCUT2D eigenvalue weighted by Crippen LogP contribution is 2.22. The van der Waals surface area contributed by atoms with E-state index in [9.17, 15) is 4.79 Å². The third-order valence-electron chi connectivity index (χ3n) is 4.02. The first-order valence-electron chi connectivity index (χ1n) is 8.31. The van der Waals surface area contributed by atoms with Gasteiger partial charge in [-0.2, -0.15) is 0 Å². The fourth-order valence-corrected chi connectivity index (χ4v) is 2.83. The molecule has 4 atom stereocenters. The Hall–Kier alpha value is -1.69. The summed E-state index contributed by atoms with van der Waals surface area (Å²) in [7, 11) is 0. The van der Waals surface area contributed by atoms with Gasteiger partial charge in [0.05, 0.1) is 25.9 Å². The number of ether oxygens (including phenoxy) is 3. The highest BCUT2D eigenvalue weighted by Gasteiger charge is 2.33. The lowest BCUT2D eigenvalue weighted by Gasteiger charge is -2.31. The maximum Gasteiger partial charge on any atom is 0.325 e. The molecule has 0 aromatic heterocycles. The van der Waals surface area contributed by atoms with Crippen LogP contribution in [0.25, 0.3) is 0 Å². The Morgan fingerprint density at radius 1 is 1.33 bits per heavy atom. The molecule has 5 heteroatoms. The molecular formula is C19H27NO4. The third kappa shape index (κ3) is 5.44. The Labute approximate surface area is 143 Å². The predicted molar refractivity (Wildman–Crippen MR) is 92.5 cm³/mol. The Morgan fingerprint density at radius 2 is 2.04 bits per heavy atom. The predicted octanol–water partition coefficient (Wildman–Crippen LogP) is 2.10. The van der Waals surface area contributed by atoms with E-state index in [0.29, 0.717) is 13.2 Å². The van der Waals surface area contributed by atoms with Crippen molar-refractivity contribution in [1.29, 1.82) is 0 Å². The highest BCUT2D eigenvalue weighted by molar-refractivity contribution is 5.75. The molecule has 0 radical (unpaired) electrons. The van der Waals surface area contributed by atoms with Crippen LogP contribution in [0.2, 0.25) is 0 Å². The van der Waals surface area contributed by atoms with Gasteiger partial charge < -0.3 is 19.9 Å². The van der Waals surface area contributed by atoms with Crippen molar-refractivity contribution in [2.24, 2.45) is 11.7 Å². The Kier molecular flexibility index (Phi) is 6.97. The summed E-state index contributed by atoms with van der Waals surface area (Å²) >= 11 is 0. The summed E-state index contributed by atoms with van der Waals surface area (Å²) in [6.45, 7) is 8.67. The van der Waals surface area contributed by atoms with Crippen LogP contribution < -0.4 is 5.73 Å². The molecule has 0 aliphatic carbocycles. The molecule has 0 spiro atoms. The largest absolute Gasteiger partial charge is 0.459 e. The van der Waals surface area contributed by atoms with Crippen LogP contribution in [0.15, 0.2) is 42.5 Å². The van der Waals surface area contributed by atoms with Crippen molar-refractivity contribution >= 4 is 5.97 Å².